The molecule has 3 rings (SSSR count). The van der Waals surface area contributed by atoms with Gasteiger partial charge in [0, 0.05) is 12.0 Å². The van der Waals surface area contributed by atoms with Gasteiger partial charge < -0.3 is 25.3 Å². The van der Waals surface area contributed by atoms with Crippen LogP contribution in [0.4, 0.5) is 5.82 Å². The SMILES string of the molecule is C[C@H]1[C@@H](O)[C@H](n2cnc3cnc(N)cc32)O[C@@H]1CO. The predicted molar refractivity (Wildman–Crippen MR) is 68.1 cm³/mol. The molecule has 1 aliphatic rings. The molecule has 0 aliphatic carbocycles. The van der Waals surface area contributed by atoms with E-state index in [2.05, 4.69) is 9.97 Å². The van der Waals surface area contributed by atoms with Crippen molar-refractivity contribution in [3.63, 3.8) is 0 Å². The molecule has 19 heavy (non-hydrogen) atoms. The summed E-state index contributed by atoms with van der Waals surface area (Å²) in [7, 11) is 0. The molecule has 102 valence electrons. The van der Waals surface area contributed by atoms with Crippen molar-refractivity contribution in [1.82, 2.24) is 14.5 Å². The van der Waals surface area contributed by atoms with Crippen LogP contribution in [0.1, 0.15) is 13.2 Å². The molecule has 0 saturated carbocycles. The Bertz CT molecular complexity index is 600. The summed E-state index contributed by atoms with van der Waals surface area (Å²) in [6.45, 7) is 1.73. The lowest BCUT2D eigenvalue weighted by Crippen LogP contribution is -2.25. The highest BCUT2D eigenvalue weighted by molar-refractivity contribution is 5.76. The van der Waals surface area contributed by atoms with Gasteiger partial charge in [0.15, 0.2) is 6.23 Å². The highest BCUT2D eigenvalue weighted by atomic mass is 16.5. The fourth-order valence-electron chi connectivity index (χ4n) is 2.45. The van der Waals surface area contributed by atoms with Gasteiger partial charge in [-0.25, -0.2) is 9.97 Å². The summed E-state index contributed by atoms with van der Waals surface area (Å²) < 4.78 is 7.42. The third-order valence-electron chi connectivity index (χ3n) is 3.67. The van der Waals surface area contributed by atoms with Gasteiger partial charge in [0.25, 0.3) is 0 Å². The van der Waals surface area contributed by atoms with E-state index in [1.54, 1.807) is 23.2 Å². The fraction of sp³-hybridized carbons (Fsp3) is 0.500. The third kappa shape index (κ3) is 1.86. The number of hydrogen-bond donors (Lipinski definition) is 3. The standard InChI is InChI=1S/C12H16N4O3/c1-6-9(4-17)19-12(11(6)18)16-5-15-7-3-14-10(13)2-8(7)16/h2-3,5-6,9,11-12,17-18H,4H2,1H3,(H2,13,14)/t6-,9-,11-,12-/m1/s1. The molecule has 0 aromatic carbocycles. The Balaban J connectivity index is 2.03. The van der Waals surface area contributed by atoms with Crippen LogP contribution in [0.2, 0.25) is 0 Å². The summed E-state index contributed by atoms with van der Waals surface area (Å²) in [5.74, 6) is 0.236. The number of rotatable bonds is 2. The maximum absolute atomic E-state index is 10.2. The molecule has 0 amide bonds. The summed E-state index contributed by atoms with van der Waals surface area (Å²) in [5, 5.41) is 19.5. The number of anilines is 1. The molecule has 0 spiro atoms. The summed E-state index contributed by atoms with van der Waals surface area (Å²) in [6.07, 6.45) is 1.52. The molecule has 3 heterocycles. The Morgan fingerprint density at radius 1 is 1.47 bits per heavy atom. The third-order valence-corrected chi connectivity index (χ3v) is 3.67. The number of aromatic nitrogens is 3. The summed E-state index contributed by atoms with van der Waals surface area (Å²) in [5.41, 5.74) is 7.11. The van der Waals surface area contributed by atoms with E-state index in [1.807, 2.05) is 6.92 Å². The minimum Gasteiger partial charge on any atom is -0.394 e. The normalized spacial score (nSPS) is 31.1. The fourth-order valence-corrected chi connectivity index (χ4v) is 2.45. The van der Waals surface area contributed by atoms with Gasteiger partial charge >= 0.3 is 0 Å². The molecule has 4 N–H and O–H groups in total. The van der Waals surface area contributed by atoms with Gasteiger partial charge in [-0.15, -0.1) is 0 Å². The van der Waals surface area contributed by atoms with Gasteiger partial charge in [0.2, 0.25) is 0 Å². The van der Waals surface area contributed by atoms with Crippen molar-refractivity contribution in [3.8, 4) is 0 Å². The quantitative estimate of drug-likeness (QED) is 0.699. The maximum atomic E-state index is 10.2. The van der Waals surface area contributed by atoms with E-state index in [4.69, 9.17) is 10.5 Å². The van der Waals surface area contributed by atoms with Crippen molar-refractivity contribution in [2.75, 3.05) is 12.3 Å². The van der Waals surface area contributed by atoms with Gasteiger partial charge in [-0.3, -0.25) is 0 Å². The lowest BCUT2D eigenvalue weighted by Gasteiger charge is -2.17. The van der Waals surface area contributed by atoms with Crippen LogP contribution in [0.3, 0.4) is 0 Å². The largest absolute Gasteiger partial charge is 0.394 e. The van der Waals surface area contributed by atoms with Gasteiger partial charge in [-0.05, 0) is 0 Å². The number of pyridine rings is 1. The van der Waals surface area contributed by atoms with E-state index >= 15 is 0 Å². The molecule has 0 unspecified atom stereocenters. The van der Waals surface area contributed by atoms with Crippen molar-refractivity contribution in [3.05, 3.63) is 18.6 Å². The Hall–Kier alpha value is -1.70. The number of imidazole rings is 1. The first-order valence-electron chi connectivity index (χ1n) is 6.14. The molecular weight excluding hydrogens is 248 g/mol. The molecule has 1 saturated heterocycles. The van der Waals surface area contributed by atoms with E-state index in [9.17, 15) is 10.2 Å². The lowest BCUT2D eigenvalue weighted by molar-refractivity contribution is -0.0489. The number of aliphatic hydroxyl groups is 2. The first-order chi connectivity index (χ1) is 9.11. The number of nitrogens with two attached hydrogens (primary N) is 1. The van der Waals surface area contributed by atoms with Crippen LogP contribution in [0.5, 0.6) is 0 Å². The number of aliphatic hydroxyl groups excluding tert-OH is 2. The summed E-state index contributed by atoms with van der Waals surface area (Å²) in [4.78, 5) is 8.18. The monoisotopic (exact) mass is 264 g/mol. The Labute approximate surface area is 109 Å². The molecule has 0 radical (unpaired) electrons. The minimum absolute atomic E-state index is 0.120. The highest BCUT2D eigenvalue weighted by Gasteiger charge is 2.41. The second-order valence-corrected chi connectivity index (χ2v) is 4.85. The second-order valence-electron chi connectivity index (χ2n) is 4.85. The molecule has 0 bridgehead atoms. The van der Waals surface area contributed by atoms with E-state index < -0.39 is 12.3 Å². The Kier molecular flexibility index (Phi) is 2.89. The first kappa shape index (κ1) is 12.3. The van der Waals surface area contributed by atoms with Crippen LogP contribution in [0.25, 0.3) is 11.0 Å². The van der Waals surface area contributed by atoms with Gasteiger partial charge in [0.1, 0.15) is 17.4 Å². The first-order valence-corrected chi connectivity index (χ1v) is 6.14. The number of fused-ring (bicyclic) bond motifs is 1. The van der Waals surface area contributed by atoms with Gasteiger partial charge in [0.05, 0.1) is 30.8 Å². The van der Waals surface area contributed by atoms with Crippen molar-refractivity contribution in [1.29, 1.82) is 0 Å². The Morgan fingerprint density at radius 2 is 2.26 bits per heavy atom. The Morgan fingerprint density at radius 3 is 2.95 bits per heavy atom. The topological polar surface area (TPSA) is 106 Å². The van der Waals surface area contributed by atoms with Crippen molar-refractivity contribution >= 4 is 16.9 Å². The predicted octanol–water partition coefficient (Wildman–Crippen LogP) is -0.0998. The van der Waals surface area contributed by atoms with Crippen LogP contribution in [0.15, 0.2) is 18.6 Å². The van der Waals surface area contributed by atoms with Crippen LogP contribution < -0.4 is 5.73 Å². The molecule has 4 atom stereocenters. The number of nitrogens with zero attached hydrogens (tertiary/aromatic N) is 3. The zero-order valence-corrected chi connectivity index (χ0v) is 10.5. The van der Waals surface area contributed by atoms with Crippen molar-refractivity contribution in [2.24, 2.45) is 5.92 Å². The molecule has 1 aliphatic heterocycles. The average molecular weight is 264 g/mol. The number of nitrogen functional groups attached to an aromatic ring is 1. The van der Waals surface area contributed by atoms with E-state index in [-0.39, 0.29) is 18.6 Å². The molecular formula is C12H16N4O3. The smallest absolute Gasteiger partial charge is 0.162 e. The van der Waals surface area contributed by atoms with E-state index in [0.717, 1.165) is 5.52 Å². The zero-order chi connectivity index (χ0) is 13.6. The van der Waals surface area contributed by atoms with Gasteiger partial charge in [-0.2, -0.15) is 0 Å². The molecule has 2 aromatic heterocycles. The number of ether oxygens (including phenoxy) is 1. The van der Waals surface area contributed by atoms with Crippen LogP contribution in [0, 0.1) is 5.92 Å². The van der Waals surface area contributed by atoms with Crippen LogP contribution in [-0.4, -0.2) is 43.6 Å². The zero-order valence-electron chi connectivity index (χ0n) is 10.5. The molecule has 2 aromatic rings. The van der Waals surface area contributed by atoms with Crippen molar-refractivity contribution < 1.29 is 14.9 Å². The second kappa shape index (κ2) is 4.44. The summed E-state index contributed by atoms with van der Waals surface area (Å²) in [6, 6.07) is 1.69. The van der Waals surface area contributed by atoms with Crippen LogP contribution >= 0.6 is 0 Å². The lowest BCUT2D eigenvalue weighted by atomic mass is 10.0. The number of hydrogen-bond acceptors (Lipinski definition) is 6. The molecule has 7 heteroatoms. The van der Waals surface area contributed by atoms with Crippen molar-refractivity contribution in [2.45, 2.75) is 25.4 Å². The molecule has 1 fully saturated rings. The highest BCUT2D eigenvalue weighted by Crippen LogP contribution is 2.35. The maximum Gasteiger partial charge on any atom is 0.162 e. The summed E-state index contributed by atoms with van der Waals surface area (Å²) >= 11 is 0. The van der Waals surface area contributed by atoms with Gasteiger partial charge in [-0.1, -0.05) is 6.92 Å². The van der Waals surface area contributed by atoms with E-state index in [1.165, 1.54) is 0 Å². The molecule has 7 nitrogen and oxygen atoms in total. The minimum atomic E-state index is -0.705. The van der Waals surface area contributed by atoms with Crippen LogP contribution in [-0.2, 0) is 4.74 Å². The van der Waals surface area contributed by atoms with E-state index in [0.29, 0.717) is 11.3 Å². The average Bonchev–Trinajstić information content (AvgIpc) is 2.92.